The topological polar surface area (TPSA) is 61.1 Å². The van der Waals surface area contributed by atoms with E-state index in [1.165, 1.54) is 35.9 Å². The summed E-state index contributed by atoms with van der Waals surface area (Å²) < 4.78 is 2.47. The third-order valence-electron chi connectivity index (χ3n) is 4.11. The molecule has 1 aliphatic rings. The van der Waals surface area contributed by atoms with Crippen LogP contribution in [-0.4, -0.2) is 14.9 Å². The van der Waals surface area contributed by atoms with Crippen molar-refractivity contribution in [1.29, 1.82) is 0 Å². The highest BCUT2D eigenvalue weighted by Gasteiger charge is 2.26. The van der Waals surface area contributed by atoms with E-state index < -0.39 is 5.56 Å². The van der Waals surface area contributed by atoms with Gasteiger partial charge in [0, 0.05) is 25.7 Å². The lowest BCUT2D eigenvalue weighted by Gasteiger charge is -2.30. The molecule has 0 aliphatic heterocycles. The van der Waals surface area contributed by atoms with Gasteiger partial charge in [-0.1, -0.05) is 24.3 Å². The van der Waals surface area contributed by atoms with E-state index in [1.54, 1.807) is 0 Å². The Bertz CT molecular complexity index is 845. The minimum absolute atomic E-state index is 0.0599. The van der Waals surface area contributed by atoms with Crippen LogP contribution in [0.3, 0.4) is 0 Å². The molecule has 0 saturated heterocycles. The van der Waals surface area contributed by atoms with Crippen molar-refractivity contribution >= 4 is 5.78 Å². The molecule has 1 aromatic carbocycles. The summed E-state index contributed by atoms with van der Waals surface area (Å²) in [4.78, 5) is 35.6. The molecule has 1 aromatic heterocycles. The van der Waals surface area contributed by atoms with Crippen molar-refractivity contribution in [2.24, 2.45) is 7.05 Å². The average molecular weight is 284 g/mol. The maximum atomic E-state index is 12.2. The van der Waals surface area contributed by atoms with Crippen molar-refractivity contribution in [3.8, 4) is 0 Å². The Morgan fingerprint density at radius 1 is 1.29 bits per heavy atom. The number of nitrogens with zero attached hydrogens (tertiary/aromatic N) is 2. The van der Waals surface area contributed by atoms with E-state index in [-0.39, 0.29) is 23.0 Å². The zero-order chi connectivity index (χ0) is 15.1. The fourth-order valence-electron chi connectivity index (χ4n) is 2.86. The fourth-order valence-corrected chi connectivity index (χ4v) is 2.86. The van der Waals surface area contributed by atoms with Crippen LogP contribution in [0.5, 0.6) is 0 Å². The molecule has 0 bridgehead atoms. The van der Waals surface area contributed by atoms with Crippen molar-refractivity contribution in [1.82, 2.24) is 9.13 Å². The zero-order valence-corrected chi connectivity index (χ0v) is 12.0. The second kappa shape index (κ2) is 4.84. The molecule has 108 valence electrons. The largest absolute Gasteiger partial charge is 0.330 e. The highest BCUT2D eigenvalue weighted by atomic mass is 16.2. The third-order valence-corrected chi connectivity index (χ3v) is 4.11. The summed E-state index contributed by atoms with van der Waals surface area (Å²) in [5, 5.41) is 0. The van der Waals surface area contributed by atoms with E-state index in [1.807, 2.05) is 12.1 Å². The first-order valence-corrected chi connectivity index (χ1v) is 6.88. The van der Waals surface area contributed by atoms with Gasteiger partial charge in [0.1, 0.15) is 0 Å². The van der Waals surface area contributed by atoms with Crippen LogP contribution in [0.15, 0.2) is 40.1 Å². The smallest absolute Gasteiger partial charge is 0.299 e. The highest BCUT2D eigenvalue weighted by Crippen LogP contribution is 2.35. The Kier molecular flexibility index (Phi) is 3.12. The summed E-state index contributed by atoms with van der Waals surface area (Å²) >= 11 is 0. The number of hydrogen-bond donors (Lipinski definition) is 0. The quantitative estimate of drug-likeness (QED) is 0.793. The molecule has 21 heavy (non-hydrogen) atoms. The molecule has 0 fully saturated rings. The predicted molar refractivity (Wildman–Crippen MR) is 78.8 cm³/mol. The molecule has 3 rings (SSSR count). The molecular formula is C16H16N2O3. The summed E-state index contributed by atoms with van der Waals surface area (Å²) in [6.45, 7) is 1.83. The summed E-state index contributed by atoms with van der Waals surface area (Å²) in [7, 11) is 1.41. The van der Waals surface area contributed by atoms with Gasteiger partial charge >= 0.3 is 5.69 Å². The lowest BCUT2D eigenvalue weighted by atomic mass is 9.77. The minimum atomic E-state index is -0.530. The molecule has 5 heteroatoms. The summed E-state index contributed by atoms with van der Waals surface area (Å²) in [5.74, 6) is -0.0606. The van der Waals surface area contributed by atoms with Gasteiger partial charge < -0.3 is 0 Å². The van der Waals surface area contributed by atoms with Gasteiger partial charge in [0.15, 0.2) is 5.78 Å². The number of hydrogen-bond acceptors (Lipinski definition) is 3. The molecule has 0 N–H and O–H groups in total. The van der Waals surface area contributed by atoms with Gasteiger partial charge in [0.25, 0.3) is 5.56 Å². The van der Waals surface area contributed by atoms with Gasteiger partial charge in [0.2, 0.25) is 0 Å². The number of fused-ring (bicyclic) bond motifs is 1. The van der Waals surface area contributed by atoms with Gasteiger partial charge in [-0.3, -0.25) is 18.7 Å². The van der Waals surface area contributed by atoms with E-state index in [0.29, 0.717) is 6.54 Å². The van der Waals surface area contributed by atoms with Crippen LogP contribution < -0.4 is 11.2 Å². The van der Waals surface area contributed by atoms with Crippen LogP contribution in [0.4, 0.5) is 0 Å². The third kappa shape index (κ3) is 2.14. The average Bonchev–Trinajstić information content (AvgIpc) is 2.44. The molecule has 5 nitrogen and oxygen atoms in total. The van der Waals surface area contributed by atoms with Crippen molar-refractivity contribution in [3.63, 3.8) is 0 Å². The first kappa shape index (κ1) is 13.5. The molecule has 0 amide bonds. The van der Waals surface area contributed by atoms with Gasteiger partial charge in [-0.15, -0.1) is 0 Å². The molecule has 0 radical (unpaired) electrons. The number of benzene rings is 1. The molecule has 1 aliphatic carbocycles. The number of ketones is 1. The molecule has 0 saturated carbocycles. The van der Waals surface area contributed by atoms with Crippen molar-refractivity contribution < 1.29 is 4.79 Å². The van der Waals surface area contributed by atoms with Crippen molar-refractivity contribution in [2.75, 3.05) is 0 Å². The lowest BCUT2D eigenvalue weighted by Crippen LogP contribution is -2.41. The van der Waals surface area contributed by atoms with Gasteiger partial charge in [-0.25, -0.2) is 4.79 Å². The minimum Gasteiger partial charge on any atom is -0.299 e. The second-order valence-electron chi connectivity index (χ2n) is 5.50. The molecule has 2 aromatic rings. The normalized spacial score (nSPS) is 16.2. The molecule has 0 spiro atoms. The van der Waals surface area contributed by atoms with Crippen molar-refractivity contribution in [3.05, 3.63) is 68.0 Å². The highest BCUT2D eigenvalue weighted by molar-refractivity contribution is 5.93. The summed E-state index contributed by atoms with van der Waals surface area (Å²) in [6.07, 6.45) is 2.31. The van der Waals surface area contributed by atoms with E-state index in [4.69, 9.17) is 0 Å². The van der Waals surface area contributed by atoms with E-state index in [2.05, 4.69) is 12.1 Å². The van der Waals surface area contributed by atoms with E-state index in [0.717, 1.165) is 11.0 Å². The van der Waals surface area contributed by atoms with Crippen LogP contribution in [0.1, 0.15) is 34.3 Å². The fraction of sp³-hybridized carbons (Fsp3) is 0.312. The molecule has 1 unspecified atom stereocenters. The van der Waals surface area contributed by atoms with Crippen LogP contribution in [-0.2, 0) is 20.0 Å². The standard InChI is InChI=1S/C16H16N2O3/c1-10(19)14-9-18(16(21)17(2)15(14)20)8-12-7-11-5-3-4-6-13(11)12/h3-6,9,12H,7-8H2,1-2H3. The number of carbonyl (C=O) groups excluding carboxylic acids is 1. The number of Topliss-reactive ketones (excluding diaryl/α,β-unsaturated/α-hetero) is 1. The lowest BCUT2D eigenvalue weighted by molar-refractivity contribution is 0.101. The zero-order valence-electron chi connectivity index (χ0n) is 12.0. The maximum Gasteiger partial charge on any atom is 0.330 e. The maximum absolute atomic E-state index is 12.2. The summed E-state index contributed by atoms with van der Waals surface area (Å²) in [5.41, 5.74) is 1.69. The second-order valence-corrected chi connectivity index (χ2v) is 5.50. The molecule has 1 atom stereocenters. The first-order valence-electron chi connectivity index (χ1n) is 6.88. The van der Waals surface area contributed by atoms with Gasteiger partial charge in [0.05, 0.1) is 5.56 Å². The first-order chi connectivity index (χ1) is 9.99. The molecule has 1 heterocycles. The number of aromatic nitrogens is 2. The number of rotatable bonds is 3. The van der Waals surface area contributed by atoms with Crippen LogP contribution in [0.2, 0.25) is 0 Å². The van der Waals surface area contributed by atoms with Crippen LogP contribution in [0, 0.1) is 0 Å². The Hall–Kier alpha value is -2.43. The monoisotopic (exact) mass is 284 g/mol. The Labute approximate surface area is 121 Å². The number of carbonyl (C=O) groups is 1. The molecular weight excluding hydrogens is 268 g/mol. The van der Waals surface area contributed by atoms with Crippen LogP contribution >= 0.6 is 0 Å². The Morgan fingerprint density at radius 2 is 2.00 bits per heavy atom. The van der Waals surface area contributed by atoms with E-state index >= 15 is 0 Å². The van der Waals surface area contributed by atoms with Crippen molar-refractivity contribution in [2.45, 2.75) is 25.8 Å². The Balaban J connectivity index is 2.00. The van der Waals surface area contributed by atoms with Gasteiger partial charge in [-0.05, 0) is 24.5 Å². The summed E-state index contributed by atoms with van der Waals surface area (Å²) in [6, 6.07) is 8.12. The van der Waals surface area contributed by atoms with Crippen LogP contribution in [0.25, 0.3) is 0 Å². The SMILES string of the molecule is CC(=O)c1cn(CC2Cc3ccccc32)c(=O)n(C)c1=O. The van der Waals surface area contributed by atoms with Gasteiger partial charge in [-0.2, -0.15) is 0 Å². The predicted octanol–water partition coefficient (Wildman–Crippen LogP) is 1.09. The Morgan fingerprint density at radius 3 is 2.67 bits per heavy atom. The van der Waals surface area contributed by atoms with E-state index in [9.17, 15) is 14.4 Å².